The number of rotatable bonds is 5. The first-order valence-corrected chi connectivity index (χ1v) is 5.27. The highest BCUT2D eigenvalue weighted by atomic mass is 32.2. The number of Topliss-reactive ketones (excluding diaryl/α,β-unsaturated/α-hetero) is 1. The minimum atomic E-state index is 0.197. The molecule has 0 bridgehead atoms. The summed E-state index contributed by atoms with van der Waals surface area (Å²) in [6, 6.07) is 0. The van der Waals surface area contributed by atoms with E-state index in [0.717, 1.165) is 5.75 Å². The van der Waals surface area contributed by atoms with Crippen LogP contribution in [0.5, 0.6) is 0 Å². The molecular formula is C9H18OS. The van der Waals surface area contributed by atoms with Crippen LogP contribution in [0.1, 0.15) is 34.1 Å². The molecule has 0 saturated heterocycles. The second-order valence-corrected chi connectivity index (χ2v) is 4.56. The van der Waals surface area contributed by atoms with Crippen molar-refractivity contribution in [2.24, 2.45) is 5.92 Å². The molecule has 0 spiro atoms. The molecule has 0 aliphatic rings. The van der Waals surface area contributed by atoms with E-state index in [4.69, 9.17) is 0 Å². The van der Waals surface area contributed by atoms with E-state index in [9.17, 15) is 4.79 Å². The second kappa shape index (κ2) is 5.64. The molecular weight excluding hydrogens is 156 g/mol. The van der Waals surface area contributed by atoms with E-state index in [1.54, 1.807) is 11.8 Å². The highest BCUT2D eigenvalue weighted by Crippen LogP contribution is 2.15. The SMILES string of the molecule is CCC(=O)C(C)SCC(C)C. The van der Waals surface area contributed by atoms with Crippen LogP contribution in [0.2, 0.25) is 0 Å². The first-order chi connectivity index (χ1) is 5.07. The maximum absolute atomic E-state index is 11.1. The lowest BCUT2D eigenvalue weighted by Gasteiger charge is -2.09. The van der Waals surface area contributed by atoms with Crippen LogP contribution >= 0.6 is 11.8 Å². The van der Waals surface area contributed by atoms with Crippen LogP contribution in [-0.4, -0.2) is 16.8 Å². The van der Waals surface area contributed by atoms with Gasteiger partial charge >= 0.3 is 0 Å². The molecule has 1 atom stereocenters. The summed E-state index contributed by atoms with van der Waals surface area (Å²) in [5.41, 5.74) is 0. The highest BCUT2D eigenvalue weighted by molar-refractivity contribution is 8.00. The van der Waals surface area contributed by atoms with Gasteiger partial charge in [-0.2, -0.15) is 11.8 Å². The summed E-state index contributed by atoms with van der Waals surface area (Å²) in [5, 5.41) is 0.197. The van der Waals surface area contributed by atoms with Crippen LogP contribution in [0.15, 0.2) is 0 Å². The zero-order chi connectivity index (χ0) is 8.85. The first kappa shape index (κ1) is 11.0. The monoisotopic (exact) mass is 174 g/mol. The van der Waals surface area contributed by atoms with Gasteiger partial charge in [0.2, 0.25) is 0 Å². The average molecular weight is 174 g/mol. The van der Waals surface area contributed by atoms with Gasteiger partial charge in [0.25, 0.3) is 0 Å². The van der Waals surface area contributed by atoms with Crippen molar-refractivity contribution in [3.8, 4) is 0 Å². The Labute approximate surface area is 73.9 Å². The quantitative estimate of drug-likeness (QED) is 0.637. The number of hydrogen-bond donors (Lipinski definition) is 0. The number of carbonyl (C=O) groups excluding carboxylic acids is 1. The van der Waals surface area contributed by atoms with E-state index in [-0.39, 0.29) is 5.25 Å². The summed E-state index contributed by atoms with van der Waals surface area (Å²) >= 11 is 1.77. The number of ketones is 1. The predicted molar refractivity (Wildman–Crippen MR) is 52.1 cm³/mol. The van der Waals surface area contributed by atoms with Crippen LogP contribution in [-0.2, 0) is 4.79 Å². The maximum Gasteiger partial charge on any atom is 0.145 e. The Kier molecular flexibility index (Phi) is 5.65. The van der Waals surface area contributed by atoms with Crippen LogP contribution in [0.4, 0.5) is 0 Å². The topological polar surface area (TPSA) is 17.1 Å². The summed E-state index contributed by atoms with van der Waals surface area (Å²) in [4.78, 5) is 11.1. The first-order valence-electron chi connectivity index (χ1n) is 4.22. The van der Waals surface area contributed by atoms with Crippen molar-refractivity contribution in [3.63, 3.8) is 0 Å². The lowest BCUT2D eigenvalue weighted by Crippen LogP contribution is -2.13. The fourth-order valence-electron chi connectivity index (χ4n) is 0.717. The Bertz CT molecular complexity index is 121. The average Bonchev–Trinajstić information content (AvgIpc) is 1.98. The van der Waals surface area contributed by atoms with Gasteiger partial charge in [-0.1, -0.05) is 20.8 Å². The molecule has 0 amide bonds. The van der Waals surface area contributed by atoms with E-state index in [2.05, 4.69) is 13.8 Å². The largest absolute Gasteiger partial charge is 0.298 e. The summed E-state index contributed by atoms with van der Waals surface area (Å²) in [6.07, 6.45) is 0.673. The zero-order valence-electron chi connectivity index (χ0n) is 7.89. The van der Waals surface area contributed by atoms with Gasteiger partial charge in [0.15, 0.2) is 0 Å². The normalized spacial score (nSPS) is 13.5. The molecule has 11 heavy (non-hydrogen) atoms. The van der Waals surface area contributed by atoms with Crippen molar-refractivity contribution in [1.29, 1.82) is 0 Å². The Hall–Kier alpha value is 0.0200. The van der Waals surface area contributed by atoms with Crippen LogP contribution in [0.25, 0.3) is 0 Å². The van der Waals surface area contributed by atoms with Crippen LogP contribution < -0.4 is 0 Å². The van der Waals surface area contributed by atoms with E-state index < -0.39 is 0 Å². The lowest BCUT2D eigenvalue weighted by atomic mass is 10.2. The van der Waals surface area contributed by atoms with Gasteiger partial charge in [-0.3, -0.25) is 4.79 Å². The zero-order valence-corrected chi connectivity index (χ0v) is 8.70. The Morgan fingerprint density at radius 3 is 2.27 bits per heavy atom. The number of thioether (sulfide) groups is 1. The van der Waals surface area contributed by atoms with Gasteiger partial charge in [-0.25, -0.2) is 0 Å². The molecule has 0 aromatic rings. The van der Waals surface area contributed by atoms with E-state index in [1.807, 2.05) is 13.8 Å². The Morgan fingerprint density at radius 2 is 1.91 bits per heavy atom. The molecule has 1 unspecified atom stereocenters. The van der Waals surface area contributed by atoms with Gasteiger partial charge < -0.3 is 0 Å². The fraction of sp³-hybridized carbons (Fsp3) is 0.889. The van der Waals surface area contributed by atoms with Crippen molar-refractivity contribution in [2.45, 2.75) is 39.4 Å². The van der Waals surface area contributed by atoms with Gasteiger partial charge in [0, 0.05) is 6.42 Å². The molecule has 0 fully saturated rings. The van der Waals surface area contributed by atoms with E-state index in [0.29, 0.717) is 18.1 Å². The minimum Gasteiger partial charge on any atom is -0.298 e. The standard InChI is InChI=1S/C9H18OS/c1-5-9(10)8(4)11-6-7(2)3/h7-8H,5-6H2,1-4H3. The lowest BCUT2D eigenvalue weighted by molar-refractivity contribution is -0.117. The van der Waals surface area contributed by atoms with Crippen molar-refractivity contribution in [3.05, 3.63) is 0 Å². The summed E-state index contributed by atoms with van der Waals surface area (Å²) in [5.74, 6) is 2.15. The third-order valence-corrected chi connectivity index (χ3v) is 3.10. The molecule has 0 rings (SSSR count). The van der Waals surface area contributed by atoms with Crippen LogP contribution in [0, 0.1) is 5.92 Å². The molecule has 0 aliphatic carbocycles. The van der Waals surface area contributed by atoms with Crippen molar-refractivity contribution >= 4 is 17.5 Å². The van der Waals surface area contributed by atoms with Crippen LogP contribution in [0.3, 0.4) is 0 Å². The molecule has 0 aromatic heterocycles. The molecule has 0 aliphatic heterocycles. The summed E-state index contributed by atoms with van der Waals surface area (Å²) in [6.45, 7) is 8.28. The van der Waals surface area contributed by atoms with Crippen molar-refractivity contribution < 1.29 is 4.79 Å². The van der Waals surface area contributed by atoms with E-state index >= 15 is 0 Å². The molecule has 0 aromatic carbocycles. The summed E-state index contributed by atoms with van der Waals surface area (Å²) in [7, 11) is 0. The van der Waals surface area contributed by atoms with Gasteiger partial charge in [-0.15, -0.1) is 0 Å². The third-order valence-electron chi connectivity index (χ3n) is 1.48. The fourth-order valence-corrected chi connectivity index (χ4v) is 1.74. The molecule has 0 N–H and O–H groups in total. The number of carbonyl (C=O) groups is 1. The molecule has 0 heterocycles. The Morgan fingerprint density at radius 1 is 1.36 bits per heavy atom. The highest BCUT2D eigenvalue weighted by Gasteiger charge is 2.10. The van der Waals surface area contributed by atoms with Crippen molar-refractivity contribution in [1.82, 2.24) is 0 Å². The Balaban J connectivity index is 3.52. The smallest absolute Gasteiger partial charge is 0.145 e. The summed E-state index contributed by atoms with van der Waals surface area (Å²) < 4.78 is 0. The molecule has 1 nitrogen and oxygen atoms in total. The van der Waals surface area contributed by atoms with Gasteiger partial charge in [0.05, 0.1) is 5.25 Å². The number of hydrogen-bond acceptors (Lipinski definition) is 2. The molecule has 66 valence electrons. The van der Waals surface area contributed by atoms with Crippen molar-refractivity contribution in [2.75, 3.05) is 5.75 Å². The second-order valence-electron chi connectivity index (χ2n) is 3.19. The van der Waals surface area contributed by atoms with E-state index in [1.165, 1.54) is 0 Å². The molecule has 0 saturated carbocycles. The maximum atomic E-state index is 11.1. The third kappa shape index (κ3) is 5.31. The van der Waals surface area contributed by atoms with Gasteiger partial charge in [-0.05, 0) is 18.6 Å². The molecule has 2 heteroatoms. The van der Waals surface area contributed by atoms with Gasteiger partial charge in [0.1, 0.15) is 5.78 Å². The minimum absolute atomic E-state index is 0.197. The molecule has 0 radical (unpaired) electrons. The predicted octanol–water partition coefficient (Wildman–Crippen LogP) is 2.74.